The number of nitrogens with zero attached hydrogens (tertiary/aromatic N) is 1. The number of phenols is 1. The molecule has 0 aromatic heterocycles. The van der Waals surface area contributed by atoms with Gasteiger partial charge in [-0.05, 0) is 30.8 Å². The van der Waals surface area contributed by atoms with Crippen LogP contribution in [0.2, 0.25) is 0 Å². The first-order valence-corrected chi connectivity index (χ1v) is 5.97. The van der Waals surface area contributed by atoms with Crippen molar-refractivity contribution in [2.45, 2.75) is 20.4 Å². The number of phenolic OH excluding ortho intramolecular Hbond substituents is 1. The molecule has 0 heterocycles. The molecular formula is C13H22N2O. The fourth-order valence-electron chi connectivity index (χ4n) is 1.62. The summed E-state index contributed by atoms with van der Waals surface area (Å²) < 4.78 is 0. The van der Waals surface area contributed by atoms with E-state index in [1.54, 1.807) is 12.1 Å². The van der Waals surface area contributed by atoms with Crippen molar-refractivity contribution in [1.82, 2.24) is 10.2 Å². The standard InChI is InChI=1S/C13H22N2O/c1-3-15(4-2)10-9-14-11-12-5-7-13(16)8-6-12/h5-8,14,16H,3-4,9-11H2,1-2H3. The third-order valence-corrected chi connectivity index (χ3v) is 2.76. The van der Waals surface area contributed by atoms with Crippen molar-refractivity contribution in [2.75, 3.05) is 26.2 Å². The van der Waals surface area contributed by atoms with Crippen LogP contribution in [-0.4, -0.2) is 36.2 Å². The normalized spacial score (nSPS) is 10.9. The van der Waals surface area contributed by atoms with Gasteiger partial charge in [0.05, 0.1) is 0 Å². The lowest BCUT2D eigenvalue weighted by atomic mass is 10.2. The highest BCUT2D eigenvalue weighted by molar-refractivity contribution is 5.25. The Labute approximate surface area is 98.1 Å². The van der Waals surface area contributed by atoms with Crippen molar-refractivity contribution in [3.63, 3.8) is 0 Å². The zero-order chi connectivity index (χ0) is 11.8. The van der Waals surface area contributed by atoms with E-state index in [1.165, 1.54) is 5.56 Å². The number of rotatable bonds is 7. The molecule has 0 fully saturated rings. The summed E-state index contributed by atoms with van der Waals surface area (Å²) in [4.78, 5) is 2.39. The highest BCUT2D eigenvalue weighted by Gasteiger charge is 1.98. The van der Waals surface area contributed by atoms with Gasteiger partial charge in [-0.2, -0.15) is 0 Å². The predicted octanol–water partition coefficient (Wildman–Crippen LogP) is 1.82. The molecule has 0 unspecified atom stereocenters. The maximum absolute atomic E-state index is 9.14. The average Bonchev–Trinajstić information content (AvgIpc) is 2.32. The highest BCUT2D eigenvalue weighted by atomic mass is 16.3. The van der Waals surface area contributed by atoms with Gasteiger partial charge >= 0.3 is 0 Å². The van der Waals surface area contributed by atoms with Gasteiger partial charge in [0.15, 0.2) is 0 Å². The number of benzene rings is 1. The zero-order valence-electron chi connectivity index (χ0n) is 10.2. The van der Waals surface area contributed by atoms with Gasteiger partial charge in [-0.1, -0.05) is 26.0 Å². The fourth-order valence-corrected chi connectivity index (χ4v) is 1.62. The van der Waals surface area contributed by atoms with Crippen LogP contribution in [0.4, 0.5) is 0 Å². The summed E-state index contributed by atoms with van der Waals surface area (Å²) in [5.74, 6) is 0.326. The van der Waals surface area contributed by atoms with Crippen LogP contribution in [0.15, 0.2) is 24.3 Å². The third-order valence-electron chi connectivity index (χ3n) is 2.76. The van der Waals surface area contributed by atoms with Crippen molar-refractivity contribution >= 4 is 0 Å². The fraction of sp³-hybridized carbons (Fsp3) is 0.538. The van der Waals surface area contributed by atoms with Crippen molar-refractivity contribution < 1.29 is 5.11 Å². The van der Waals surface area contributed by atoms with Crippen molar-refractivity contribution in [3.05, 3.63) is 29.8 Å². The minimum absolute atomic E-state index is 0.326. The Balaban J connectivity index is 2.18. The van der Waals surface area contributed by atoms with Gasteiger partial charge in [0.25, 0.3) is 0 Å². The summed E-state index contributed by atoms with van der Waals surface area (Å²) in [7, 11) is 0. The van der Waals surface area contributed by atoms with Crippen LogP contribution in [0.1, 0.15) is 19.4 Å². The number of hydrogen-bond acceptors (Lipinski definition) is 3. The molecular weight excluding hydrogens is 200 g/mol. The first-order chi connectivity index (χ1) is 7.76. The van der Waals surface area contributed by atoms with E-state index in [1.807, 2.05) is 12.1 Å². The molecule has 0 aliphatic rings. The monoisotopic (exact) mass is 222 g/mol. The second-order valence-corrected chi connectivity index (χ2v) is 3.87. The lowest BCUT2D eigenvalue weighted by Crippen LogP contribution is -2.31. The third kappa shape index (κ3) is 4.64. The number of aromatic hydroxyl groups is 1. The van der Waals surface area contributed by atoms with Gasteiger partial charge < -0.3 is 15.3 Å². The van der Waals surface area contributed by atoms with Crippen LogP contribution in [0.5, 0.6) is 5.75 Å². The SMILES string of the molecule is CCN(CC)CCNCc1ccc(O)cc1. The van der Waals surface area contributed by atoms with Crippen LogP contribution < -0.4 is 5.32 Å². The molecule has 3 heteroatoms. The molecule has 0 atom stereocenters. The summed E-state index contributed by atoms with van der Waals surface area (Å²) in [6, 6.07) is 7.34. The minimum Gasteiger partial charge on any atom is -0.508 e. The summed E-state index contributed by atoms with van der Waals surface area (Å²) in [6.07, 6.45) is 0. The quantitative estimate of drug-likeness (QED) is 0.691. The summed E-state index contributed by atoms with van der Waals surface area (Å²) >= 11 is 0. The van der Waals surface area contributed by atoms with Gasteiger partial charge in [-0.3, -0.25) is 0 Å². The predicted molar refractivity (Wildman–Crippen MR) is 67.6 cm³/mol. The van der Waals surface area contributed by atoms with E-state index >= 15 is 0 Å². The Morgan fingerprint density at radius 3 is 2.31 bits per heavy atom. The van der Waals surface area contributed by atoms with E-state index in [2.05, 4.69) is 24.1 Å². The Bertz CT molecular complexity index is 280. The minimum atomic E-state index is 0.326. The first-order valence-electron chi connectivity index (χ1n) is 5.97. The average molecular weight is 222 g/mol. The molecule has 1 rings (SSSR count). The molecule has 0 saturated carbocycles. The maximum atomic E-state index is 9.14. The van der Waals surface area contributed by atoms with Crippen molar-refractivity contribution in [3.8, 4) is 5.75 Å². The van der Waals surface area contributed by atoms with E-state index < -0.39 is 0 Å². The molecule has 16 heavy (non-hydrogen) atoms. The molecule has 0 radical (unpaired) electrons. The van der Waals surface area contributed by atoms with E-state index in [0.29, 0.717) is 5.75 Å². The van der Waals surface area contributed by atoms with Crippen LogP contribution >= 0.6 is 0 Å². The number of hydrogen-bond donors (Lipinski definition) is 2. The highest BCUT2D eigenvalue weighted by Crippen LogP contribution is 2.08. The lowest BCUT2D eigenvalue weighted by Gasteiger charge is -2.17. The zero-order valence-corrected chi connectivity index (χ0v) is 10.2. The van der Waals surface area contributed by atoms with Gasteiger partial charge in [-0.25, -0.2) is 0 Å². The largest absolute Gasteiger partial charge is 0.508 e. The first kappa shape index (κ1) is 13.0. The molecule has 1 aromatic carbocycles. The Hall–Kier alpha value is -1.06. The molecule has 0 saturated heterocycles. The van der Waals surface area contributed by atoms with Crippen LogP contribution in [-0.2, 0) is 6.54 Å². The summed E-state index contributed by atoms with van der Waals surface area (Å²) in [6.45, 7) is 9.54. The molecule has 3 nitrogen and oxygen atoms in total. The number of nitrogens with one attached hydrogen (secondary N) is 1. The topological polar surface area (TPSA) is 35.5 Å². The molecule has 0 bridgehead atoms. The molecule has 0 amide bonds. The second kappa shape index (κ2) is 7.25. The molecule has 1 aromatic rings. The lowest BCUT2D eigenvalue weighted by molar-refractivity contribution is 0.302. The molecule has 0 aliphatic heterocycles. The Morgan fingerprint density at radius 2 is 1.75 bits per heavy atom. The summed E-state index contributed by atoms with van der Waals surface area (Å²) in [5.41, 5.74) is 1.21. The van der Waals surface area contributed by atoms with Crippen LogP contribution in [0.3, 0.4) is 0 Å². The van der Waals surface area contributed by atoms with Crippen molar-refractivity contribution in [2.24, 2.45) is 0 Å². The Morgan fingerprint density at radius 1 is 1.12 bits per heavy atom. The molecule has 0 aliphatic carbocycles. The van der Waals surface area contributed by atoms with Gasteiger partial charge in [0, 0.05) is 19.6 Å². The van der Waals surface area contributed by atoms with E-state index in [-0.39, 0.29) is 0 Å². The van der Waals surface area contributed by atoms with Crippen LogP contribution in [0.25, 0.3) is 0 Å². The molecule has 0 spiro atoms. The van der Waals surface area contributed by atoms with E-state index in [9.17, 15) is 0 Å². The second-order valence-electron chi connectivity index (χ2n) is 3.87. The smallest absolute Gasteiger partial charge is 0.115 e. The van der Waals surface area contributed by atoms with Crippen molar-refractivity contribution in [1.29, 1.82) is 0 Å². The van der Waals surface area contributed by atoms with E-state index in [4.69, 9.17) is 5.11 Å². The maximum Gasteiger partial charge on any atom is 0.115 e. The van der Waals surface area contributed by atoms with E-state index in [0.717, 1.165) is 32.7 Å². The van der Waals surface area contributed by atoms with Gasteiger partial charge in [0.1, 0.15) is 5.75 Å². The summed E-state index contributed by atoms with van der Waals surface area (Å²) in [5, 5.41) is 12.5. The Kier molecular flexibility index (Phi) is 5.90. The molecule has 90 valence electrons. The molecule has 2 N–H and O–H groups in total. The van der Waals surface area contributed by atoms with Gasteiger partial charge in [0.2, 0.25) is 0 Å². The van der Waals surface area contributed by atoms with Crippen LogP contribution in [0, 0.1) is 0 Å². The van der Waals surface area contributed by atoms with Gasteiger partial charge in [-0.15, -0.1) is 0 Å². The number of likely N-dealkylation sites (N-methyl/N-ethyl adjacent to an activating group) is 1.